The molecule has 9 saturated carbocycles. The average molecular weight is 1930 g/mol. The van der Waals surface area contributed by atoms with Crippen LogP contribution in [0.25, 0.3) is 4.65 Å². The van der Waals surface area contributed by atoms with Gasteiger partial charge < -0.3 is 31.9 Å². The zero-order chi connectivity index (χ0) is 77.0. The predicted molar refractivity (Wildman–Crippen MR) is 518 cm³/mol. The number of benzene rings is 2. The molecule has 111 heavy (non-hydrogen) atoms. The summed E-state index contributed by atoms with van der Waals surface area (Å²) in [7, 11) is 13.8. The molecule has 16 heteroatoms. The molecule has 2 aromatic rings. The molecule has 10 aliphatic rings. The third-order valence-electron chi connectivity index (χ3n) is 24.6. The van der Waals surface area contributed by atoms with Gasteiger partial charge in [-0.1, -0.05) is 216 Å². The van der Waals surface area contributed by atoms with Crippen LogP contribution in [0.4, 0.5) is 11.4 Å². The monoisotopic (exact) mass is 1930 g/mol. The third kappa shape index (κ3) is 46.1. The Balaban J connectivity index is -0.00000126. The summed E-state index contributed by atoms with van der Waals surface area (Å²) in [4.78, 5) is 1.95. The maximum absolute atomic E-state index is 5.53. The van der Waals surface area contributed by atoms with Gasteiger partial charge in [0.15, 0.2) is 0 Å². The summed E-state index contributed by atoms with van der Waals surface area (Å²) in [5.74, 6) is 2.37. The molecule has 0 bridgehead atoms. The normalized spacial score (nSPS) is 20.3. The second-order valence-corrected chi connectivity index (χ2v) is 63.3. The first-order valence-electron chi connectivity index (χ1n) is 43.7. The Morgan fingerprint density at radius 3 is 0.937 bits per heavy atom. The number of anilines is 1. The quantitative estimate of drug-likeness (QED) is 0.0461. The van der Waals surface area contributed by atoms with Crippen molar-refractivity contribution in [3.63, 3.8) is 0 Å². The molecule has 9 aliphatic carbocycles. The Bertz CT molecular complexity index is 2510. The number of hydrogen-bond acceptors (Lipinski definition) is 1. The van der Waals surface area contributed by atoms with Crippen LogP contribution < -0.4 is 68.7 Å². The number of alkyl halides is 1. The first-order valence-corrected chi connectivity index (χ1v) is 64.0. The molecule has 0 spiro atoms. The Morgan fingerprint density at radius 2 is 0.739 bits per heavy atom. The molecule has 9 fully saturated rings. The van der Waals surface area contributed by atoms with Crippen LogP contribution in [-0.2, 0) is 30.8 Å². The second kappa shape index (κ2) is 63.9. The van der Waals surface area contributed by atoms with Crippen LogP contribution >= 0.6 is 64.4 Å². The summed E-state index contributed by atoms with van der Waals surface area (Å²) in [5.41, 5.74) is 23.0. The summed E-state index contributed by atoms with van der Waals surface area (Å²) in [6.45, 7) is 36.6. The third-order valence-corrected chi connectivity index (χ3v) is 45.1. The van der Waals surface area contributed by atoms with Gasteiger partial charge >= 0.3 is 141 Å². The number of nitrogens with zero attached hydrogens (tertiary/aromatic N) is 3. The SMILES string of the molecule is C.C.C#CC(C)(C)Cl.C1CCC(P(C2CCCCC2)C2CCCCC2)CC1.C1CCC([PH+](C2CCCCC2)C2CCCCC2)CC1.C1CCC([PH+](C2CCCCC2)C2CCCCC2)CC1.CC(C)=C[CH]=[Ru]([Cl])[Cl].C[Si](C)(C)[N-][Si](C)(C)C.Cc1cc(C)c(N2C=[N+](c3c(C)cc(C)cc3C)CC2)c(C)c1.[CH3-].[CH3-].[Cl-].[Cl][RuH2].[HH].[K+]. The molecule has 3 nitrogen and oxygen atoms in total. The van der Waals surface area contributed by atoms with Gasteiger partial charge in [-0.15, -0.1) is 18.0 Å². The van der Waals surface area contributed by atoms with Gasteiger partial charge in [0.1, 0.15) is 24.5 Å². The van der Waals surface area contributed by atoms with Crippen molar-refractivity contribution in [3.05, 3.63) is 88.8 Å². The van der Waals surface area contributed by atoms with E-state index in [-0.39, 0.29) is 111 Å². The smallest absolute Gasteiger partial charge is 0 e. The van der Waals surface area contributed by atoms with E-state index in [1.807, 2.05) is 24.5 Å². The van der Waals surface area contributed by atoms with Gasteiger partial charge in [0.05, 0.1) is 38.8 Å². The van der Waals surface area contributed by atoms with Crippen molar-refractivity contribution in [1.29, 1.82) is 0 Å². The Labute approximate surface area is 781 Å². The van der Waals surface area contributed by atoms with E-state index in [4.69, 9.17) is 42.1 Å². The molecule has 0 amide bonds. The maximum Gasteiger partial charge on any atom is 1.00 e. The summed E-state index contributed by atoms with van der Waals surface area (Å²) in [5, 5.41) is 0. The summed E-state index contributed by atoms with van der Waals surface area (Å²) < 4.78 is 9.10. The van der Waals surface area contributed by atoms with Gasteiger partial charge in [0.25, 0.3) is 0 Å². The van der Waals surface area contributed by atoms with Crippen LogP contribution in [0.15, 0.2) is 35.9 Å². The van der Waals surface area contributed by atoms with Gasteiger partial charge in [0.2, 0.25) is 6.34 Å². The van der Waals surface area contributed by atoms with Crippen molar-refractivity contribution < 1.29 is 101 Å². The van der Waals surface area contributed by atoms with Crippen molar-refractivity contribution in [2.24, 2.45) is 0 Å². The fourth-order valence-electron chi connectivity index (χ4n) is 20.9. The van der Waals surface area contributed by atoms with E-state index in [1.54, 1.807) is 284 Å². The molecule has 2 aromatic carbocycles. The van der Waals surface area contributed by atoms with E-state index in [2.05, 4.69) is 137 Å². The Kier molecular flexibility index (Phi) is 66.9. The van der Waals surface area contributed by atoms with Crippen molar-refractivity contribution in [2.45, 2.75) is 468 Å². The minimum atomic E-state index is -1.52. The molecule has 0 saturated heterocycles. The van der Waals surface area contributed by atoms with Gasteiger partial charge in [0, 0.05) is 17.3 Å². The number of allylic oxidation sites excluding steroid dienone is 2. The van der Waals surface area contributed by atoms with E-state index in [0.717, 1.165) is 13.1 Å². The van der Waals surface area contributed by atoms with Crippen LogP contribution in [0, 0.1) is 68.7 Å². The molecule has 1 heterocycles. The Hall–Kier alpha value is 3.10. The number of terminal acetylenes is 1. The summed E-state index contributed by atoms with van der Waals surface area (Å²) in [6.07, 6.45) is 80.4. The van der Waals surface area contributed by atoms with E-state index >= 15 is 0 Å². The molecule has 0 atom stereocenters. The molecule has 0 radical (unpaired) electrons. The summed E-state index contributed by atoms with van der Waals surface area (Å²) >= 11 is 5.38. The molecule has 649 valence electrons. The fraction of sp³-hybridized carbons (Fsp3) is 0.789. The maximum atomic E-state index is 5.53. The van der Waals surface area contributed by atoms with Crippen LogP contribution in [0.2, 0.25) is 39.3 Å². The molecule has 12 rings (SSSR count). The number of hydrogen-bond donors (Lipinski definition) is 0. The van der Waals surface area contributed by atoms with Gasteiger partial charge in [-0.3, -0.25) is 0 Å². The first kappa shape index (κ1) is 116. The van der Waals surface area contributed by atoms with E-state index in [1.165, 1.54) is 138 Å². The van der Waals surface area contributed by atoms with E-state index in [0.29, 0.717) is 7.92 Å². The van der Waals surface area contributed by atoms with Crippen molar-refractivity contribution in [3.8, 4) is 12.3 Å². The molecular weight excluding hydrogens is 1750 g/mol. The van der Waals surface area contributed by atoms with Crippen LogP contribution in [0.1, 0.15) is 366 Å². The number of halogens is 5. The zero-order valence-corrected chi connectivity index (χ0v) is 89.5. The van der Waals surface area contributed by atoms with Crippen molar-refractivity contribution in [2.75, 3.05) is 18.0 Å². The second-order valence-electron chi connectivity index (χ2n) is 37.0. The van der Waals surface area contributed by atoms with E-state index in [9.17, 15) is 0 Å². The molecule has 0 unspecified atom stereocenters. The van der Waals surface area contributed by atoms with Crippen molar-refractivity contribution in [1.82, 2.24) is 0 Å². The standard InChI is InChI=1S/C21H27N2.3C18H33P.C6H18NSi2.C5H7Cl.C5H8.2CH4.2CH3.4ClH.K.2Ru.H2.2H/c1-14-9-16(3)20(17(4)10-14)22-7-8-23(13-22)21-18(5)11-15(2)12-19(21)6;3*1-4-10-16(11-5-1)19(17-12-6-2-7-13-17)18-14-8-3-9-15-18;1-8(2,3)7-9(4,5)6;1-4-5(2,3)6;1-4-5(2)3;;;;;;;;;;;;;;/h9-13H,7-8H2,1-6H3;3*16-18H,1-15H2;1-6H3;1H,2-3H3;1,4H,2-3H3;2*1H4;2*1H3;4*1H;;;;1H;;/q+1;;;;-1;;;;;2*-1;;;;;2*+1;+2;;;/p-2. The first-order chi connectivity index (χ1) is 50.1. The largest absolute Gasteiger partial charge is 1.00 e. The van der Waals surface area contributed by atoms with Gasteiger partial charge in [-0.05, 0) is 287 Å². The molecule has 0 N–H and O–H groups in total. The number of rotatable bonds is 14. The minimum absolute atomic E-state index is 0. The molecular formula is C95H179Cl5KN3P3Ru2Si2. The minimum Gasteiger partial charge on any atom is 0 e. The van der Waals surface area contributed by atoms with Crippen LogP contribution in [-0.4, -0.2) is 101 Å². The van der Waals surface area contributed by atoms with Crippen LogP contribution in [0.3, 0.4) is 0 Å². The Morgan fingerprint density at radius 1 is 0.505 bits per heavy atom. The zero-order valence-electron chi connectivity index (χ0n) is 74.0. The predicted octanol–water partition coefficient (Wildman–Crippen LogP) is 27.5. The van der Waals surface area contributed by atoms with Crippen LogP contribution in [0.5, 0.6) is 0 Å². The molecule has 0 aromatic heterocycles. The average Bonchev–Trinajstić information content (AvgIpc) is 1.63. The fourth-order valence-corrected chi connectivity index (χ4v) is 45.4. The summed E-state index contributed by atoms with van der Waals surface area (Å²) in [6, 6.07) is 9.12. The number of aryl methyl sites for hydroxylation is 6. The molecule has 1 aliphatic heterocycles. The van der Waals surface area contributed by atoms with Crippen molar-refractivity contribution >= 4 is 103 Å². The topological polar surface area (TPSA) is 20.4 Å². The van der Waals surface area contributed by atoms with Gasteiger partial charge in [-0.25, -0.2) is 9.48 Å². The van der Waals surface area contributed by atoms with E-state index < -0.39 is 34.9 Å². The van der Waals surface area contributed by atoms with Gasteiger partial charge in [-0.2, -0.15) is 0 Å².